The number of rotatable bonds is 6. The van der Waals surface area contributed by atoms with Gasteiger partial charge in [-0.15, -0.1) is 0 Å². The van der Waals surface area contributed by atoms with Crippen LogP contribution in [0.4, 0.5) is 4.39 Å². The van der Waals surface area contributed by atoms with Crippen molar-refractivity contribution in [2.45, 2.75) is 6.42 Å². The highest BCUT2D eigenvalue weighted by Gasteiger charge is 2.13. The molecule has 1 aromatic heterocycles. The number of halogens is 2. The Morgan fingerprint density at radius 1 is 1.11 bits per heavy atom. The molecule has 3 aromatic rings. The Morgan fingerprint density at radius 3 is 2.63 bits per heavy atom. The fourth-order valence-electron chi connectivity index (χ4n) is 2.73. The van der Waals surface area contributed by atoms with Crippen molar-refractivity contribution in [1.29, 1.82) is 0 Å². The molecule has 0 spiro atoms. The zero-order chi connectivity index (χ0) is 19.4. The molecule has 0 radical (unpaired) electrons. The van der Waals surface area contributed by atoms with Gasteiger partial charge in [-0.1, -0.05) is 17.7 Å². The number of methoxy groups -OCH3 is 2. The van der Waals surface area contributed by atoms with Gasteiger partial charge in [0.2, 0.25) is 0 Å². The molecule has 3 rings (SSSR count). The average Bonchev–Trinajstić information content (AvgIpc) is 2.67. The molecule has 0 aliphatic rings. The predicted octanol–water partition coefficient (Wildman–Crippen LogP) is 4.02. The number of carbonyl (C=O) groups is 1. The fraction of sp³-hybridized carbons (Fsp3) is 0.200. The standard InChI is InChI=1S/C20H18ClFN2O3/c1-26-17-6-3-12(9-18(17)27-2)7-8-23-20(25)15-10-13-4-5-14(22)11-16(13)24-19(15)21/h3-6,9-11H,7-8H2,1-2H3,(H,23,25). The smallest absolute Gasteiger partial charge is 0.254 e. The number of carbonyl (C=O) groups excluding carboxylic acids is 1. The minimum atomic E-state index is -0.404. The van der Waals surface area contributed by atoms with Gasteiger partial charge in [-0.25, -0.2) is 9.37 Å². The summed E-state index contributed by atoms with van der Waals surface area (Å²) in [6, 6.07) is 11.4. The van der Waals surface area contributed by atoms with Crippen LogP contribution in [0.3, 0.4) is 0 Å². The summed E-state index contributed by atoms with van der Waals surface area (Å²) in [4.78, 5) is 16.5. The number of amides is 1. The third-order valence-corrected chi connectivity index (χ3v) is 4.41. The maximum atomic E-state index is 13.3. The lowest BCUT2D eigenvalue weighted by Crippen LogP contribution is -2.26. The minimum absolute atomic E-state index is 0.0386. The van der Waals surface area contributed by atoms with E-state index in [4.69, 9.17) is 21.1 Å². The first-order valence-electron chi connectivity index (χ1n) is 8.26. The van der Waals surface area contributed by atoms with E-state index in [1.54, 1.807) is 26.4 Å². The Labute approximate surface area is 161 Å². The van der Waals surface area contributed by atoms with Gasteiger partial charge in [0.25, 0.3) is 5.91 Å². The van der Waals surface area contributed by atoms with Crippen molar-refractivity contribution in [2.24, 2.45) is 0 Å². The zero-order valence-electron chi connectivity index (χ0n) is 14.9. The van der Waals surface area contributed by atoms with Crippen LogP contribution < -0.4 is 14.8 Å². The molecule has 0 atom stereocenters. The largest absolute Gasteiger partial charge is 0.493 e. The van der Waals surface area contributed by atoms with Crippen LogP contribution >= 0.6 is 11.6 Å². The van der Waals surface area contributed by atoms with Crippen LogP contribution in [0.25, 0.3) is 10.9 Å². The van der Waals surface area contributed by atoms with E-state index in [1.165, 1.54) is 12.1 Å². The number of hydrogen-bond acceptors (Lipinski definition) is 4. The molecule has 0 bridgehead atoms. The van der Waals surface area contributed by atoms with Gasteiger partial charge in [-0.3, -0.25) is 4.79 Å². The number of hydrogen-bond donors (Lipinski definition) is 1. The van der Waals surface area contributed by atoms with Crippen molar-refractivity contribution in [1.82, 2.24) is 10.3 Å². The van der Waals surface area contributed by atoms with Crippen molar-refractivity contribution < 1.29 is 18.7 Å². The van der Waals surface area contributed by atoms with E-state index in [0.29, 0.717) is 35.4 Å². The van der Waals surface area contributed by atoms with Gasteiger partial charge in [-0.2, -0.15) is 0 Å². The lowest BCUT2D eigenvalue weighted by molar-refractivity contribution is 0.0954. The molecule has 1 heterocycles. The monoisotopic (exact) mass is 388 g/mol. The molecule has 0 unspecified atom stereocenters. The van der Waals surface area contributed by atoms with Gasteiger partial charge in [0.05, 0.1) is 25.3 Å². The van der Waals surface area contributed by atoms with E-state index >= 15 is 0 Å². The lowest BCUT2D eigenvalue weighted by atomic mass is 10.1. The zero-order valence-corrected chi connectivity index (χ0v) is 15.6. The Balaban J connectivity index is 1.68. The summed E-state index contributed by atoms with van der Waals surface area (Å²) in [6.45, 7) is 0.409. The normalized spacial score (nSPS) is 10.7. The van der Waals surface area contributed by atoms with Crippen LogP contribution in [0.15, 0.2) is 42.5 Å². The summed E-state index contributed by atoms with van der Waals surface area (Å²) in [7, 11) is 3.15. The van der Waals surface area contributed by atoms with Crippen LogP contribution in [0, 0.1) is 5.82 Å². The maximum Gasteiger partial charge on any atom is 0.254 e. The Bertz CT molecular complexity index is 994. The quantitative estimate of drug-likeness (QED) is 0.648. The number of pyridine rings is 1. The van der Waals surface area contributed by atoms with Gasteiger partial charge in [-0.05, 0) is 42.3 Å². The third kappa shape index (κ3) is 4.28. The van der Waals surface area contributed by atoms with Crippen LogP contribution in [0.2, 0.25) is 5.15 Å². The minimum Gasteiger partial charge on any atom is -0.493 e. The van der Waals surface area contributed by atoms with Crippen molar-refractivity contribution in [3.63, 3.8) is 0 Å². The number of aromatic nitrogens is 1. The van der Waals surface area contributed by atoms with Crippen LogP contribution in [0.5, 0.6) is 11.5 Å². The molecular weight excluding hydrogens is 371 g/mol. The Hall–Kier alpha value is -2.86. The van der Waals surface area contributed by atoms with Crippen molar-refractivity contribution in [3.8, 4) is 11.5 Å². The number of nitrogens with one attached hydrogen (secondary N) is 1. The summed E-state index contributed by atoms with van der Waals surface area (Å²) in [5.74, 6) is 0.545. The SMILES string of the molecule is COc1ccc(CCNC(=O)c2cc3ccc(F)cc3nc2Cl)cc1OC. The molecule has 7 heteroatoms. The van der Waals surface area contributed by atoms with Crippen molar-refractivity contribution in [2.75, 3.05) is 20.8 Å². The molecule has 0 aliphatic heterocycles. The first-order chi connectivity index (χ1) is 13.0. The highest BCUT2D eigenvalue weighted by molar-refractivity contribution is 6.33. The number of benzene rings is 2. The van der Waals surface area contributed by atoms with Crippen molar-refractivity contribution in [3.05, 3.63) is 64.6 Å². The highest BCUT2D eigenvalue weighted by Crippen LogP contribution is 2.27. The molecule has 0 aliphatic carbocycles. The van der Waals surface area contributed by atoms with Gasteiger partial charge in [0.1, 0.15) is 11.0 Å². The van der Waals surface area contributed by atoms with Gasteiger partial charge in [0.15, 0.2) is 11.5 Å². The van der Waals surface area contributed by atoms with E-state index in [1.807, 2.05) is 18.2 Å². The highest BCUT2D eigenvalue weighted by atomic mass is 35.5. The van der Waals surface area contributed by atoms with Gasteiger partial charge < -0.3 is 14.8 Å². The van der Waals surface area contributed by atoms with E-state index in [0.717, 1.165) is 5.56 Å². The maximum absolute atomic E-state index is 13.3. The lowest BCUT2D eigenvalue weighted by Gasteiger charge is -2.11. The molecule has 140 valence electrons. The molecule has 0 fully saturated rings. The van der Waals surface area contributed by atoms with E-state index in [2.05, 4.69) is 10.3 Å². The fourth-order valence-corrected chi connectivity index (χ4v) is 2.96. The number of fused-ring (bicyclic) bond motifs is 1. The molecular formula is C20H18ClFN2O3. The molecule has 1 amide bonds. The summed E-state index contributed by atoms with van der Waals surface area (Å²) in [5, 5.41) is 3.50. The Kier molecular flexibility index (Phi) is 5.76. The second-order valence-electron chi connectivity index (χ2n) is 5.86. The molecule has 2 aromatic carbocycles. The second kappa shape index (κ2) is 8.22. The Morgan fingerprint density at radius 2 is 1.89 bits per heavy atom. The molecule has 1 N–H and O–H groups in total. The molecule has 0 saturated carbocycles. The van der Waals surface area contributed by atoms with E-state index in [-0.39, 0.29) is 16.6 Å². The van der Waals surface area contributed by atoms with Gasteiger partial charge in [0, 0.05) is 18.0 Å². The molecule has 5 nitrogen and oxygen atoms in total. The third-order valence-electron chi connectivity index (χ3n) is 4.12. The summed E-state index contributed by atoms with van der Waals surface area (Å²) >= 11 is 6.09. The van der Waals surface area contributed by atoms with Crippen LogP contribution in [0.1, 0.15) is 15.9 Å². The first kappa shape index (κ1) is 18.9. The predicted molar refractivity (Wildman–Crippen MR) is 102 cm³/mol. The van der Waals surface area contributed by atoms with Crippen LogP contribution in [-0.2, 0) is 6.42 Å². The number of nitrogens with zero attached hydrogens (tertiary/aromatic N) is 1. The summed E-state index contributed by atoms with van der Waals surface area (Å²) in [6.07, 6.45) is 0.607. The van der Waals surface area contributed by atoms with Crippen molar-refractivity contribution >= 4 is 28.4 Å². The van der Waals surface area contributed by atoms with E-state index in [9.17, 15) is 9.18 Å². The molecule has 0 saturated heterocycles. The molecule has 27 heavy (non-hydrogen) atoms. The first-order valence-corrected chi connectivity index (χ1v) is 8.64. The number of ether oxygens (including phenoxy) is 2. The summed E-state index contributed by atoms with van der Waals surface area (Å²) < 4.78 is 23.8. The van der Waals surface area contributed by atoms with E-state index < -0.39 is 5.82 Å². The average molecular weight is 389 g/mol. The van der Waals surface area contributed by atoms with Crippen LogP contribution in [-0.4, -0.2) is 31.7 Å². The topological polar surface area (TPSA) is 60.5 Å². The van der Waals surface area contributed by atoms with Gasteiger partial charge >= 0.3 is 0 Å². The second-order valence-corrected chi connectivity index (χ2v) is 6.22. The summed E-state index contributed by atoms with van der Waals surface area (Å²) in [5.41, 5.74) is 1.65.